The van der Waals surface area contributed by atoms with Crippen molar-refractivity contribution in [3.05, 3.63) is 53.6 Å². The molecule has 0 aliphatic heterocycles. The first-order valence-corrected chi connectivity index (χ1v) is 8.80. The van der Waals surface area contributed by atoms with Crippen molar-refractivity contribution >= 4 is 11.6 Å². The highest BCUT2D eigenvalue weighted by molar-refractivity contribution is 5.76. The van der Waals surface area contributed by atoms with Gasteiger partial charge in [0.1, 0.15) is 11.5 Å². The van der Waals surface area contributed by atoms with E-state index in [0.717, 1.165) is 12.0 Å². The van der Waals surface area contributed by atoms with Gasteiger partial charge in [-0.1, -0.05) is 25.1 Å². The fourth-order valence-corrected chi connectivity index (χ4v) is 2.49. The number of para-hydroxylation sites is 1. The zero-order chi connectivity index (χ0) is 19.6. The first-order chi connectivity index (χ1) is 13.0. The smallest absolute Gasteiger partial charge is 0.387 e. The van der Waals surface area contributed by atoms with Crippen molar-refractivity contribution in [2.45, 2.75) is 39.3 Å². The molecule has 0 aliphatic rings. The lowest BCUT2D eigenvalue weighted by molar-refractivity contribution is -0.121. The molecule has 0 saturated heterocycles. The van der Waals surface area contributed by atoms with Gasteiger partial charge in [0, 0.05) is 30.3 Å². The summed E-state index contributed by atoms with van der Waals surface area (Å²) in [6.45, 7) is -0.447. The van der Waals surface area contributed by atoms with Crippen LogP contribution in [0.3, 0.4) is 0 Å². The molecule has 2 aromatic carbocycles. The third-order valence-electron chi connectivity index (χ3n) is 3.88. The van der Waals surface area contributed by atoms with Crippen LogP contribution in [0.5, 0.6) is 11.5 Å². The number of ether oxygens (including phenoxy) is 2. The Morgan fingerprint density at radius 3 is 2.67 bits per heavy atom. The van der Waals surface area contributed by atoms with Crippen LogP contribution in [0.4, 0.5) is 14.5 Å². The predicted octanol–water partition coefficient (Wildman–Crippen LogP) is 3.91. The van der Waals surface area contributed by atoms with Crippen LogP contribution in [0.15, 0.2) is 42.5 Å². The van der Waals surface area contributed by atoms with Crippen molar-refractivity contribution in [1.82, 2.24) is 5.32 Å². The van der Waals surface area contributed by atoms with Crippen LogP contribution in [0, 0.1) is 0 Å². The zero-order valence-electron chi connectivity index (χ0n) is 15.2. The summed E-state index contributed by atoms with van der Waals surface area (Å²) < 4.78 is 35.3. The Balaban J connectivity index is 1.94. The number of nitrogen functional groups attached to an aromatic ring is 1. The van der Waals surface area contributed by atoms with Crippen LogP contribution in [0.1, 0.15) is 30.9 Å². The topological polar surface area (TPSA) is 73.6 Å². The van der Waals surface area contributed by atoms with E-state index in [4.69, 9.17) is 10.5 Å². The maximum atomic E-state index is 12.7. The number of nitrogens with two attached hydrogens (primary N) is 1. The second-order valence-corrected chi connectivity index (χ2v) is 5.97. The van der Waals surface area contributed by atoms with E-state index in [2.05, 4.69) is 10.1 Å². The van der Waals surface area contributed by atoms with E-state index in [1.54, 1.807) is 18.2 Å². The molecule has 0 aliphatic carbocycles. The van der Waals surface area contributed by atoms with Crippen LogP contribution in [0.25, 0.3) is 0 Å². The van der Waals surface area contributed by atoms with E-state index in [0.29, 0.717) is 30.0 Å². The standard InChI is InChI=1S/C20H24F2N2O3/c1-2-11-26-16-9-7-15(18(12-16)27-20(21)22)13-24-19(25)10-8-14-5-3-4-6-17(14)23/h3-7,9,12,20H,2,8,10-11,13,23H2,1H3,(H,24,25). The Hall–Kier alpha value is -2.83. The van der Waals surface area contributed by atoms with Gasteiger partial charge in [-0.15, -0.1) is 0 Å². The summed E-state index contributed by atoms with van der Waals surface area (Å²) in [6.07, 6.45) is 1.55. The summed E-state index contributed by atoms with van der Waals surface area (Å²) in [5.74, 6) is 0.237. The van der Waals surface area contributed by atoms with Crippen molar-refractivity contribution in [1.29, 1.82) is 0 Å². The zero-order valence-corrected chi connectivity index (χ0v) is 15.2. The van der Waals surface area contributed by atoms with Crippen LogP contribution in [-0.2, 0) is 17.8 Å². The molecule has 0 bridgehead atoms. The number of halogens is 2. The minimum Gasteiger partial charge on any atom is -0.493 e. The number of carbonyl (C=O) groups is 1. The molecule has 0 spiro atoms. The summed E-state index contributed by atoms with van der Waals surface area (Å²) in [4.78, 5) is 12.1. The molecular formula is C20H24F2N2O3. The van der Waals surface area contributed by atoms with Crippen molar-refractivity contribution < 1.29 is 23.0 Å². The van der Waals surface area contributed by atoms with Crippen LogP contribution >= 0.6 is 0 Å². The van der Waals surface area contributed by atoms with Gasteiger partial charge in [-0.05, 0) is 36.6 Å². The average molecular weight is 378 g/mol. The molecular weight excluding hydrogens is 354 g/mol. The van der Waals surface area contributed by atoms with E-state index >= 15 is 0 Å². The Kier molecular flexibility index (Phi) is 7.85. The second kappa shape index (κ2) is 10.4. The number of alkyl halides is 2. The van der Waals surface area contributed by atoms with E-state index in [-0.39, 0.29) is 24.6 Å². The van der Waals surface area contributed by atoms with Gasteiger partial charge in [0.05, 0.1) is 6.61 Å². The average Bonchev–Trinajstić information content (AvgIpc) is 2.64. The number of hydrogen-bond acceptors (Lipinski definition) is 4. The van der Waals surface area contributed by atoms with Gasteiger partial charge in [-0.2, -0.15) is 8.78 Å². The third kappa shape index (κ3) is 6.77. The van der Waals surface area contributed by atoms with Gasteiger partial charge in [0.15, 0.2) is 0 Å². The number of hydrogen-bond donors (Lipinski definition) is 2. The first-order valence-electron chi connectivity index (χ1n) is 8.80. The highest BCUT2D eigenvalue weighted by Gasteiger charge is 2.13. The number of benzene rings is 2. The van der Waals surface area contributed by atoms with Crippen molar-refractivity contribution in [2.24, 2.45) is 0 Å². The first kappa shape index (κ1) is 20.5. The number of rotatable bonds is 10. The van der Waals surface area contributed by atoms with Crippen LogP contribution in [0.2, 0.25) is 0 Å². The van der Waals surface area contributed by atoms with E-state index in [1.165, 1.54) is 6.07 Å². The molecule has 2 aromatic rings. The summed E-state index contributed by atoms with van der Waals surface area (Å²) in [5, 5.41) is 2.72. The van der Waals surface area contributed by atoms with Crippen molar-refractivity contribution in [2.75, 3.05) is 12.3 Å². The number of amides is 1. The predicted molar refractivity (Wildman–Crippen MR) is 99.9 cm³/mol. The van der Waals surface area contributed by atoms with Gasteiger partial charge in [0.25, 0.3) is 0 Å². The molecule has 0 unspecified atom stereocenters. The fraction of sp³-hybridized carbons (Fsp3) is 0.350. The highest BCUT2D eigenvalue weighted by Crippen LogP contribution is 2.26. The van der Waals surface area contributed by atoms with E-state index in [1.807, 2.05) is 25.1 Å². The van der Waals surface area contributed by atoms with Crippen molar-refractivity contribution in [3.63, 3.8) is 0 Å². The molecule has 0 radical (unpaired) electrons. The molecule has 0 aromatic heterocycles. The molecule has 3 N–H and O–H groups in total. The maximum absolute atomic E-state index is 12.7. The molecule has 0 heterocycles. The number of anilines is 1. The maximum Gasteiger partial charge on any atom is 0.387 e. The Morgan fingerprint density at radius 1 is 1.19 bits per heavy atom. The van der Waals surface area contributed by atoms with E-state index < -0.39 is 6.61 Å². The molecule has 0 saturated carbocycles. The highest BCUT2D eigenvalue weighted by atomic mass is 19.3. The molecule has 7 heteroatoms. The summed E-state index contributed by atoms with van der Waals surface area (Å²) in [5.41, 5.74) is 7.84. The summed E-state index contributed by atoms with van der Waals surface area (Å²) in [7, 11) is 0. The van der Waals surface area contributed by atoms with Gasteiger partial charge in [0.2, 0.25) is 5.91 Å². The Labute approximate surface area is 157 Å². The third-order valence-corrected chi connectivity index (χ3v) is 3.88. The summed E-state index contributed by atoms with van der Waals surface area (Å²) in [6, 6.07) is 12.0. The molecule has 146 valence electrons. The van der Waals surface area contributed by atoms with Gasteiger partial charge >= 0.3 is 6.61 Å². The monoisotopic (exact) mass is 378 g/mol. The van der Waals surface area contributed by atoms with Crippen LogP contribution in [-0.4, -0.2) is 19.1 Å². The minimum atomic E-state index is -2.96. The summed E-state index contributed by atoms with van der Waals surface area (Å²) >= 11 is 0. The minimum absolute atomic E-state index is 0.00814. The lowest BCUT2D eigenvalue weighted by Crippen LogP contribution is -2.23. The number of nitrogens with one attached hydrogen (secondary N) is 1. The molecule has 0 atom stereocenters. The quantitative estimate of drug-likeness (QED) is 0.615. The molecule has 27 heavy (non-hydrogen) atoms. The second-order valence-electron chi connectivity index (χ2n) is 5.97. The largest absolute Gasteiger partial charge is 0.493 e. The number of aryl methyl sites for hydroxylation is 1. The lowest BCUT2D eigenvalue weighted by Gasteiger charge is -2.14. The van der Waals surface area contributed by atoms with Gasteiger partial charge in [-0.3, -0.25) is 4.79 Å². The molecule has 5 nitrogen and oxygen atoms in total. The van der Waals surface area contributed by atoms with Crippen molar-refractivity contribution in [3.8, 4) is 11.5 Å². The van der Waals surface area contributed by atoms with Gasteiger partial charge < -0.3 is 20.5 Å². The van der Waals surface area contributed by atoms with Crippen LogP contribution < -0.4 is 20.5 Å². The Bertz CT molecular complexity index is 754. The lowest BCUT2D eigenvalue weighted by atomic mass is 10.1. The number of carbonyl (C=O) groups excluding carboxylic acids is 1. The molecule has 2 rings (SSSR count). The SMILES string of the molecule is CCCOc1ccc(CNC(=O)CCc2ccccc2N)c(OC(F)F)c1. The van der Waals surface area contributed by atoms with E-state index in [9.17, 15) is 13.6 Å². The normalized spacial score (nSPS) is 10.7. The Morgan fingerprint density at radius 2 is 1.96 bits per heavy atom. The van der Waals surface area contributed by atoms with Gasteiger partial charge in [-0.25, -0.2) is 0 Å². The molecule has 0 fully saturated rings. The fourth-order valence-electron chi connectivity index (χ4n) is 2.49. The molecule has 1 amide bonds.